The maximum absolute atomic E-state index is 10.8. The monoisotopic (exact) mass is 197 g/mol. The Morgan fingerprint density at radius 1 is 1.46 bits per heavy atom. The molecule has 0 heterocycles. The molecule has 1 aromatic carbocycles. The third-order valence-electron chi connectivity index (χ3n) is 1.79. The minimum atomic E-state index is -0.0487. The molecule has 1 atom stereocenters. The van der Waals surface area contributed by atoms with E-state index >= 15 is 0 Å². The van der Waals surface area contributed by atoms with Crippen molar-refractivity contribution < 1.29 is 4.79 Å². The lowest BCUT2D eigenvalue weighted by molar-refractivity contribution is -0.119. The Balaban J connectivity index is 2.82. The minimum absolute atomic E-state index is 0.0359. The van der Waals surface area contributed by atoms with Gasteiger partial charge in [-0.2, -0.15) is 0 Å². The fraction of sp³-hybridized carbons (Fsp3) is 0.300. The van der Waals surface area contributed by atoms with Crippen LogP contribution in [0.2, 0.25) is 5.02 Å². The molecule has 13 heavy (non-hydrogen) atoms. The first-order chi connectivity index (χ1) is 6.11. The van der Waals surface area contributed by atoms with Crippen LogP contribution in [0.3, 0.4) is 0 Å². The molecule has 0 saturated carbocycles. The van der Waals surface area contributed by atoms with Gasteiger partial charge in [0.2, 0.25) is 5.91 Å². The maximum atomic E-state index is 10.8. The first-order valence-corrected chi connectivity index (χ1v) is 4.50. The second-order valence-corrected chi connectivity index (χ2v) is 3.35. The van der Waals surface area contributed by atoms with Gasteiger partial charge in [0.1, 0.15) is 0 Å². The van der Waals surface area contributed by atoms with Crippen LogP contribution in [0, 0.1) is 0 Å². The summed E-state index contributed by atoms with van der Waals surface area (Å²) in [6.07, 6.45) is 0. The number of carbonyl (C=O) groups is 1. The van der Waals surface area contributed by atoms with E-state index < -0.39 is 0 Å². The van der Waals surface area contributed by atoms with Gasteiger partial charge in [0, 0.05) is 11.9 Å². The summed E-state index contributed by atoms with van der Waals surface area (Å²) in [4.78, 5) is 10.8. The van der Waals surface area contributed by atoms with Gasteiger partial charge < -0.3 is 5.32 Å². The predicted octanol–water partition coefficient (Wildman–Crippen LogP) is 2.54. The number of carbonyl (C=O) groups excluding carboxylic acids is 1. The summed E-state index contributed by atoms with van der Waals surface area (Å²) >= 11 is 5.95. The summed E-state index contributed by atoms with van der Waals surface area (Å²) in [6, 6.07) is 7.45. The fourth-order valence-electron chi connectivity index (χ4n) is 1.21. The first-order valence-electron chi connectivity index (χ1n) is 4.13. The van der Waals surface area contributed by atoms with Crippen molar-refractivity contribution >= 4 is 17.5 Å². The number of hydrogen-bond acceptors (Lipinski definition) is 1. The van der Waals surface area contributed by atoms with Crippen LogP contribution in [0.4, 0.5) is 0 Å². The molecule has 2 nitrogen and oxygen atoms in total. The lowest BCUT2D eigenvalue weighted by Crippen LogP contribution is -2.23. The second kappa shape index (κ2) is 4.28. The third kappa shape index (κ3) is 2.74. The molecule has 1 rings (SSSR count). The number of nitrogens with one attached hydrogen (secondary N) is 1. The van der Waals surface area contributed by atoms with Crippen LogP contribution < -0.4 is 5.32 Å². The highest BCUT2D eigenvalue weighted by Crippen LogP contribution is 2.21. The van der Waals surface area contributed by atoms with E-state index in [0.717, 1.165) is 5.56 Å². The van der Waals surface area contributed by atoms with Gasteiger partial charge in [0.05, 0.1) is 6.04 Å². The molecule has 0 unspecified atom stereocenters. The van der Waals surface area contributed by atoms with Crippen molar-refractivity contribution in [3.05, 3.63) is 34.9 Å². The molecule has 0 saturated heterocycles. The summed E-state index contributed by atoms with van der Waals surface area (Å²) in [5.41, 5.74) is 0.944. The van der Waals surface area contributed by atoms with E-state index in [9.17, 15) is 4.79 Å². The smallest absolute Gasteiger partial charge is 0.217 e. The second-order valence-electron chi connectivity index (χ2n) is 2.94. The van der Waals surface area contributed by atoms with E-state index in [1.807, 2.05) is 31.2 Å². The highest BCUT2D eigenvalue weighted by atomic mass is 35.5. The van der Waals surface area contributed by atoms with Gasteiger partial charge in [-0.15, -0.1) is 0 Å². The number of halogens is 1. The van der Waals surface area contributed by atoms with Crippen LogP contribution in [0.5, 0.6) is 0 Å². The fourth-order valence-corrected chi connectivity index (χ4v) is 1.51. The zero-order valence-corrected chi connectivity index (χ0v) is 8.43. The molecule has 0 aliphatic heterocycles. The lowest BCUT2D eigenvalue weighted by atomic mass is 10.1. The van der Waals surface area contributed by atoms with Gasteiger partial charge in [-0.3, -0.25) is 4.79 Å². The van der Waals surface area contributed by atoms with Crippen molar-refractivity contribution in [3.8, 4) is 0 Å². The summed E-state index contributed by atoms with van der Waals surface area (Å²) in [5, 5.41) is 3.46. The topological polar surface area (TPSA) is 29.1 Å². The highest BCUT2D eigenvalue weighted by molar-refractivity contribution is 6.31. The molecule has 70 valence electrons. The van der Waals surface area contributed by atoms with Gasteiger partial charge in [0.25, 0.3) is 0 Å². The van der Waals surface area contributed by atoms with E-state index in [1.165, 1.54) is 6.92 Å². The average Bonchev–Trinajstić information content (AvgIpc) is 2.03. The zero-order chi connectivity index (χ0) is 9.84. The molecule has 1 amide bonds. The van der Waals surface area contributed by atoms with Gasteiger partial charge >= 0.3 is 0 Å². The van der Waals surface area contributed by atoms with E-state index in [1.54, 1.807) is 0 Å². The summed E-state index contributed by atoms with van der Waals surface area (Å²) in [5.74, 6) is -0.0487. The molecule has 0 aromatic heterocycles. The molecule has 3 heteroatoms. The van der Waals surface area contributed by atoms with Crippen molar-refractivity contribution in [3.63, 3.8) is 0 Å². The highest BCUT2D eigenvalue weighted by Gasteiger charge is 2.08. The molecular weight excluding hydrogens is 186 g/mol. The van der Waals surface area contributed by atoms with Crippen molar-refractivity contribution in [2.45, 2.75) is 19.9 Å². The van der Waals surface area contributed by atoms with Crippen molar-refractivity contribution in [1.82, 2.24) is 5.32 Å². The minimum Gasteiger partial charge on any atom is -0.350 e. The Hall–Kier alpha value is -1.02. The van der Waals surface area contributed by atoms with Crippen molar-refractivity contribution in [2.75, 3.05) is 0 Å². The molecule has 0 radical (unpaired) electrons. The third-order valence-corrected chi connectivity index (χ3v) is 2.14. The Kier molecular flexibility index (Phi) is 3.32. The Morgan fingerprint density at radius 3 is 2.62 bits per heavy atom. The summed E-state index contributed by atoms with van der Waals surface area (Å²) < 4.78 is 0. The molecule has 1 aromatic rings. The SMILES string of the molecule is CC(=O)N[C@@H](C)c1ccccc1Cl. The Bertz CT molecular complexity index is 312. The van der Waals surface area contributed by atoms with Crippen LogP contribution >= 0.6 is 11.6 Å². The van der Waals surface area contributed by atoms with Crippen LogP contribution in [-0.2, 0) is 4.79 Å². The average molecular weight is 198 g/mol. The van der Waals surface area contributed by atoms with Crippen LogP contribution in [-0.4, -0.2) is 5.91 Å². The molecule has 0 aliphatic rings. The predicted molar refractivity (Wildman–Crippen MR) is 53.7 cm³/mol. The standard InChI is InChI=1S/C10H12ClNO/c1-7(12-8(2)13)9-5-3-4-6-10(9)11/h3-7H,1-2H3,(H,12,13)/t7-/m0/s1. The summed E-state index contributed by atoms with van der Waals surface area (Å²) in [6.45, 7) is 3.40. The zero-order valence-electron chi connectivity index (χ0n) is 7.67. The van der Waals surface area contributed by atoms with E-state index in [2.05, 4.69) is 5.32 Å². The quantitative estimate of drug-likeness (QED) is 0.776. The van der Waals surface area contributed by atoms with Crippen molar-refractivity contribution in [1.29, 1.82) is 0 Å². The maximum Gasteiger partial charge on any atom is 0.217 e. The largest absolute Gasteiger partial charge is 0.350 e. The molecule has 0 fully saturated rings. The van der Waals surface area contributed by atoms with Gasteiger partial charge in [-0.25, -0.2) is 0 Å². The van der Waals surface area contributed by atoms with E-state index in [4.69, 9.17) is 11.6 Å². The molecule has 0 spiro atoms. The molecular formula is C10H12ClNO. The summed E-state index contributed by atoms with van der Waals surface area (Å²) in [7, 11) is 0. The number of benzene rings is 1. The first kappa shape index (κ1) is 10.1. The number of hydrogen-bond donors (Lipinski definition) is 1. The van der Waals surface area contributed by atoms with E-state index in [0.29, 0.717) is 5.02 Å². The van der Waals surface area contributed by atoms with Gasteiger partial charge in [-0.05, 0) is 18.6 Å². The Morgan fingerprint density at radius 2 is 2.08 bits per heavy atom. The van der Waals surface area contributed by atoms with Crippen LogP contribution in [0.25, 0.3) is 0 Å². The van der Waals surface area contributed by atoms with Crippen LogP contribution in [0.15, 0.2) is 24.3 Å². The molecule has 0 bridgehead atoms. The van der Waals surface area contributed by atoms with Gasteiger partial charge in [0.15, 0.2) is 0 Å². The molecule has 1 N–H and O–H groups in total. The number of amides is 1. The van der Waals surface area contributed by atoms with Crippen LogP contribution in [0.1, 0.15) is 25.5 Å². The van der Waals surface area contributed by atoms with Gasteiger partial charge in [-0.1, -0.05) is 29.8 Å². The molecule has 0 aliphatic carbocycles. The van der Waals surface area contributed by atoms with E-state index in [-0.39, 0.29) is 11.9 Å². The Labute approximate surface area is 82.9 Å². The lowest BCUT2D eigenvalue weighted by Gasteiger charge is -2.13. The van der Waals surface area contributed by atoms with Crippen molar-refractivity contribution in [2.24, 2.45) is 0 Å². The normalized spacial score (nSPS) is 12.2. The number of rotatable bonds is 2.